The van der Waals surface area contributed by atoms with Crippen LogP contribution >= 0.6 is 0 Å². The Hall–Kier alpha value is -3.20. The van der Waals surface area contributed by atoms with Crippen molar-refractivity contribution in [2.24, 2.45) is 0 Å². The van der Waals surface area contributed by atoms with Gasteiger partial charge < -0.3 is 10.1 Å². The quantitative estimate of drug-likeness (QED) is 0.668. The molecule has 2 rings (SSSR count). The maximum atomic E-state index is 13.6. The molecule has 0 unspecified atom stereocenters. The van der Waals surface area contributed by atoms with Crippen LogP contribution in [0.5, 0.6) is 5.75 Å². The van der Waals surface area contributed by atoms with Gasteiger partial charge in [-0.05, 0) is 42.8 Å². The average Bonchev–Trinajstić information content (AvgIpc) is 2.57. The summed E-state index contributed by atoms with van der Waals surface area (Å²) in [6, 6.07) is 11.3. The van der Waals surface area contributed by atoms with Crippen molar-refractivity contribution in [3.63, 3.8) is 0 Å². The first-order chi connectivity index (χ1) is 11.5. The molecule has 0 saturated carbocycles. The van der Waals surface area contributed by atoms with Crippen molar-refractivity contribution in [3.8, 4) is 11.8 Å². The second kappa shape index (κ2) is 7.88. The zero-order valence-corrected chi connectivity index (χ0v) is 12.8. The predicted octanol–water partition coefficient (Wildman–Crippen LogP) is 3.91. The largest absolute Gasteiger partial charge is 0.494 e. The molecule has 0 saturated heterocycles. The molecule has 0 bridgehead atoms. The molecule has 1 amide bonds. The molecule has 2 aromatic rings. The van der Waals surface area contributed by atoms with Gasteiger partial charge in [0, 0.05) is 6.07 Å². The number of ether oxygens (including phenoxy) is 1. The van der Waals surface area contributed by atoms with Crippen molar-refractivity contribution in [1.29, 1.82) is 5.26 Å². The molecule has 0 aliphatic heterocycles. The van der Waals surface area contributed by atoms with Crippen LogP contribution in [-0.2, 0) is 4.79 Å². The Balaban J connectivity index is 2.17. The van der Waals surface area contributed by atoms with Crippen molar-refractivity contribution in [3.05, 3.63) is 65.2 Å². The molecule has 0 radical (unpaired) electrons. The molecule has 2 aromatic carbocycles. The minimum absolute atomic E-state index is 0.200. The number of amides is 1. The maximum Gasteiger partial charge on any atom is 0.266 e. The number of hydrogen-bond acceptors (Lipinski definition) is 3. The molecule has 122 valence electrons. The van der Waals surface area contributed by atoms with E-state index in [1.54, 1.807) is 30.3 Å². The van der Waals surface area contributed by atoms with Crippen LogP contribution in [0.3, 0.4) is 0 Å². The number of nitrogens with zero attached hydrogens (tertiary/aromatic N) is 1. The molecule has 1 N–H and O–H groups in total. The molecule has 24 heavy (non-hydrogen) atoms. The van der Waals surface area contributed by atoms with Gasteiger partial charge in [0.2, 0.25) is 0 Å². The third-order valence-corrected chi connectivity index (χ3v) is 3.05. The number of carbonyl (C=O) groups is 1. The lowest BCUT2D eigenvalue weighted by molar-refractivity contribution is -0.112. The van der Waals surface area contributed by atoms with Gasteiger partial charge in [-0.1, -0.05) is 12.1 Å². The summed E-state index contributed by atoms with van der Waals surface area (Å²) in [6.07, 6.45) is 1.37. The molecule has 0 heterocycles. The van der Waals surface area contributed by atoms with E-state index in [4.69, 9.17) is 10.00 Å². The molecule has 0 aliphatic carbocycles. The number of nitriles is 1. The summed E-state index contributed by atoms with van der Waals surface area (Å²) in [5.74, 6) is -1.78. The lowest BCUT2D eigenvalue weighted by Gasteiger charge is -2.06. The Kier molecular flexibility index (Phi) is 5.63. The van der Waals surface area contributed by atoms with E-state index < -0.39 is 17.5 Å². The Bertz CT molecular complexity index is 809. The van der Waals surface area contributed by atoms with E-state index in [2.05, 4.69) is 5.32 Å². The number of rotatable bonds is 5. The Morgan fingerprint density at radius 1 is 1.25 bits per heavy atom. The summed E-state index contributed by atoms with van der Waals surface area (Å²) >= 11 is 0. The molecular formula is C18H14F2N2O2. The zero-order valence-electron chi connectivity index (χ0n) is 12.8. The van der Waals surface area contributed by atoms with Gasteiger partial charge in [-0.25, -0.2) is 8.78 Å². The van der Waals surface area contributed by atoms with Crippen molar-refractivity contribution in [2.45, 2.75) is 6.92 Å². The molecule has 4 nitrogen and oxygen atoms in total. The van der Waals surface area contributed by atoms with E-state index in [1.807, 2.05) is 6.92 Å². The molecular weight excluding hydrogens is 314 g/mol. The Morgan fingerprint density at radius 3 is 2.54 bits per heavy atom. The first kappa shape index (κ1) is 17.2. The first-order valence-corrected chi connectivity index (χ1v) is 7.14. The normalized spacial score (nSPS) is 10.8. The van der Waals surface area contributed by atoms with Gasteiger partial charge in [-0.3, -0.25) is 4.79 Å². The molecule has 0 spiro atoms. The highest BCUT2D eigenvalue weighted by molar-refractivity contribution is 6.09. The van der Waals surface area contributed by atoms with Crippen LogP contribution < -0.4 is 10.1 Å². The van der Waals surface area contributed by atoms with Crippen LogP contribution in [-0.4, -0.2) is 12.5 Å². The van der Waals surface area contributed by atoms with Gasteiger partial charge >= 0.3 is 0 Å². The third-order valence-electron chi connectivity index (χ3n) is 3.05. The standard InChI is InChI=1S/C18H14F2N2O2/c1-2-24-15-6-3-12(4-7-15)9-13(11-21)18(23)22-17-8-5-14(19)10-16(17)20/h3-10H,2H2,1H3,(H,22,23)/b13-9+. The predicted molar refractivity (Wildman–Crippen MR) is 86.2 cm³/mol. The fourth-order valence-electron chi connectivity index (χ4n) is 1.92. The number of hydrogen-bond donors (Lipinski definition) is 1. The number of benzene rings is 2. The molecule has 0 aromatic heterocycles. The Labute approximate surface area is 138 Å². The summed E-state index contributed by atoms with van der Waals surface area (Å²) in [7, 11) is 0. The summed E-state index contributed by atoms with van der Waals surface area (Å²) in [4.78, 5) is 12.1. The molecule has 6 heteroatoms. The number of nitrogens with one attached hydrogen (secondary N) is 1. The molecule has 0 aliphatic rings. The highest BCUT2D eigenvalue weighted by Crippen LogP contribution is 2.18. The van der Waals surface area contributed by atoms with Crippen LogP contribution in [0.4, 0.5) is 14.5 Å². The van der Waals surface area contributed by atoms with Crippen molar-refractivity contribution in [1.82, 2.24) is 0 Å². The SMILES string of the molecule is CCOc1ccc(/C=C(\C#N)C(=O)Nc2ccc(F)cc2F)cc1. The smallest absolute Gasteiger partial charge is 0.266 e. The topological polar surface area (TPSA) is 62.1 Å². The van der Waals surface area contributed by atoms with E-state index >= 15 is 0 Å². The van der Waals surface area contributed by atoms with Crippen LogP contribution in [0.2, 0.25) is 0 Å². The molecule has 0 fully saturated rings. The van der Waals surface area contributed by atoms with E-state index in [-0.39, 0.29) is 11.3 Å². The number of halogens is 2. The first-order valence-electron chi connectivity index (χ1n) is 7.14. The Morgan fingerprint density at radius 2 is 1.96 bits per heavy atom. The van der Waals surface area contributed by atoms with E-state index in [9.17, 15) is 13.6 Å². The van der Waals surface area contributed by atoms with Gasteiger partial charge in [-0.15, -0.1) is 0 Å². The minimum Gasteiger partial charge on any atom is -0.494 e. The zero-order chi connectivity index (χ0) is 17.5. The lowest BCUT2D eigenvalue weighted by atomic mass is 10.1. The summed E-state index contributed by atoms with van der Waals surface area (Å²) in [5.41, 5.74) is 0.210. The third kappa shape index (κ3) is 4.40. The van der Waals surface area contributed by atoms with E-state index in [0.717, 1.165) is 12.1 Å². The molecule has 0 atom stereocenters. The van der Waals surface area contributed by atoms with Gasteiger partial charge in [0.25, 0.3) is 5.91 Å². The van der Waals surface area contributed by atoms with E-state index in [1.165, 1.54) is 6.08 Å². The van der Waals surface area contributed by atoms with Crippen LogP contribution in [0.15, 0.2) is 48.0 Å². The van der Waals surface area contributed by atoms with Crippen molar-refractivity contribution >= 4 is 17.7 Å². The van der Waals surface area contributed by atoms with Gasteiger partial charge in [-0.2, -0.15) is 5.26 Å². The fourth-order valence-corrected chi connectivity index (χ4v) is 1.92. The van der Waals surface area contributed by atoms with Crippen LogP contribution in [0, 0.1) is 23.0 Å². The highest BCUT2D eigenvalue weighted by atomic mass is 19.1. The fraction of sp³-hybridized carbons (Fsp3) is 0.111. The monoisotopic (exact) mass is 328 g/mol. The van der Waals surface area contributed by atoms with Gasteiger partial charge in [0.05, 0.1) is 12.3 Å². The van der Waals surface area contributed by atoms with Crippen LogP contribution in [0.25, 0.3) is 6.08 Å². The minimum atomic E-state index is -0.915. The second-order valence-corrected chi connectivity index (χ2v) is 4.75. The van der Waals surface area contributed by atoms with Crippen molar-refractivity contribution < 1.29 is 18.3 Å². The van der Waals surface area contributed by atoms with Crippen LogP contribution in [0.1, 0.15) is 12.5 Å². The summed E-state index contributed by atoms with van der Waals surface area (Å²) in [6.45, 7) is 2.39. The van der Waals surface area contributed by atoms with Crippen molar-refractivity contribution in [2.75, 3.05) is 11.9 Å². The highest BCUT2D eigenvalue weighted by Gasteiger charge is 2.12. The second-order valence-electron chi connectivity index (χ2n) is 4.75. The van der Waals surface area contributed by atoms with Gasteiger partial charge in [0.1, 0.15) is 29.0 Å². The van der Waals surface area contributed by atoms with Gasteiger partial charge in [0.15, 0.2) is 0 Å². The lowest BCUT2D eigenvalue weighted by Crippen LogP contribution is -2.14. The maximum absolute atomic E-state index is 13.6. The van der Waals surface area contributed by atoms with E-state index in [0.29, 0.717) is 24.0 Å². The summed E-state index contributed by atoms with van der Waals surface area (Å²) < 4.78 is 31.7. The number of carbonyl (C=O) groups excluding carboxylic acids is 1. The number of anilines is 1. The average molecular weight is 328 g/mol. The summed E-state index contributed by atoms with van der Waals surface area (Å²) in [5, 5.41) is 11.4.